The number of rotatable bonds is 6. The summed E-state index contributed by atoms with van der Waals surface area (Å²) in [5.41, 5.74) is 0.837. The van der Waals surface area contributed by atoms with E-state index in [1.54, 1.807) is 13.1 Å². The quantitative estimate of drug-likeness (QED) is 0.563. The molecule has 1 saturated heterocycles. The zero-order chi connectivity index (χ0) is 22.7. The van der Waals surface area contributed by atoms with E-state index in [1.807, 2.05) is 23.1 Å². The second-order valence-electron chi connectivity index (χ2n) is 7.59. The lowest BCUT2D eigenvalue weighted by molar-refractivity contribution is -0.124. The van der Waals surface area contributed by atoms with Gasteiger partial charge in [-0.05, 0) is 24.5 Å². The van der Waals surface area contributed by atoms with E-state index < -0.39 is 0 Å². The molecule has 4 rings (SSSR count). The third-order valence-electron chi connectivity index (χ3n) is 5.43. The van der Waals surface area contributed by atoms with Crippen molar-refractivity contribution < 1.29 is 9.59 Å². The number of piperidine rings is 1. The number of carbonyl (C=O) groups is 2. The Kier molecular flexibility index (Phi) is 6.71. The molecule has 0 bridgehead atoms. The molecule has 32 heavy (non-hydrogen) atoms. The average Bonchev–Trinajstić information content (AvgIpc) is 3.25. The first-order chi connectivity index (χ1) is 15.5. The molecule has 3 aromatic rings. The molecule has 0 unspecified atom stereocenters. The van der Waals surface area contributed by atoms with Gasteiger partial charge in [-0.1, -0.05) is 41.1 Å². The van der Waals surface area contributed by atoms with Crippen LogP contribution in [0.3, 0.4) is 0 Å². The van der Waals surface area contributed by atoms with E-state index >= 15 is 0 Å². The molecular formula is C21H23ClN6O3S. The van der Waals surface area contributed by atoms with Crippen molar-refractivity contribution in [3.05, 3.63) is 51.5 Å². The van der Waals surface area contributed by atoms with Crippen LogP contribution in [0, 0.1) is 5.92 Å². The maximum atomic E-state index is 12.9. The van der Waals surface area contributed by atoms with Gasteiger partial charge < -0.3 is 15.5 Å². The summed E-state index contributed by atoms with van der Waals surface area (Å²) >= 11 is 7.35. The fourth-order valence-corrected chi connectivity index (χ4v) is 4.90. The first-order valence-corrected chi connectivity index (χ1v) is 11.5. The van der Waals surface area contributed by atoms with Crippen LogP contribution in [0.1, 0.15) is 18.4 Å². The van der Waals surface area contributed by atoms with Crippen LogP contribution in [-0.4, -0.2) is 46.5 Å². The van der Waals surface area contributed by atoms with Crippen molar-refractivity contribution in [3.8, 4) is 0 Å². The van der Waals surface area contributed by atoms with Crippen molar-refractivity contribution in [2.45, 2.75) is 25.9 Å². The fraction of sp³-hybridized carbons (Fsp3) is 0.381. The minimum absolute atomic E-state index is 0.0131. The van der Waals surface area contributed by atoms with E-state index in [-0.39, 0.29) is 36.4 Å². The number of nitrogens with zero attached hydrogens (tertiary/aromatic N) is 4. The van der Waals surface area contributed by atoms with Crippen LogP contribution in [0.5, 0.6) is 0 Å². The highest BCUT2D eigenvalue weighted by molar-refractivity contribution is 7.22. The van der Waals surface area contributed by atoms with Crippen molar-refractivity contribution in [2.24, 2.45) is 5.92 Å². The summed E-state index contributed by atoms with van der Waals surface area (Å²) in [5, 5.41) is 6.71. The maximum Gasteiger partial charge on any atom is 0.273 e. The summed E-state index contributed by atoms with van der Waals surface area (Å²) in [4.78, 5) is 48.1. The Labute approximate surface area is 193 Å². The monoisotopic (exact) mass is 474 g/mol. The number of thiazole rings is 1. The van der Waals surface area contributed by atoms with Gasteiger partial charge >= 0.3 is 0 Å². The van der Waals surface area contributed by atoms with Crippen molar-refractivity contribution in [1.29, 1.82) is 0 Å². The van der Waals surface area contributed by atoms with Gasteiger partial charge in [-0.25, -0.2) is 4.98 Å². The first kappa shape index (κ1) is 22.2. The summed E-state index contributed by atoms with van der Waals surface area (Å²) in [6.45, 7) is 1.45. The lowest BCUT2D eigenvalue weighted by atomic mass is 9.98. The number of amides is 2. The Morgan fingerprint density at radius 1 is 1.31 bits per heavy atom. The molecule has 3 heterocycles. The summed E-state index contributed by atoms with van der Waals surface area (Å²) in [5.74, 6) is -0.409. The normalized spacial score (nSPS) is 16.2. The SMILES string of the molecule is CNC(=O)[C@H]1CCCN(c2nc3ncn(CC(=O)NCc4ccccc4Cl)c(=O)c3s2)C1. The van der Waals surface area contributed by atoms with Gasteiger partial charge in [0.1, 0.15) is 17.6 Å². The number of carbonyl (C=O) groups excluding carboxylic acids is 2. The van der Waals surface area contributed by atoms with E-state index in [4.69, 9.17) is 11.6 Å². The molecule has 2 N–H and O–H groups in total. The van der Waals surface area contributed by atoms with Crippen molar-refractivity contribution in [1.82, 2.24) is 25.2 Å². The molecule has 1 fully saturated rings. The largest absolute Gasteiger partial charge is 0.359 e. The van der Waals surface area contributed by atoms with Crippen LogP contribution < -0.4 is 21.1 Å². The number of halogens is 1. The van der Waals surface area contributed by atoms with E-state index in [0.29, 0.717) is 27.0 Å². The molecule has 0 radical (unpaired) electrons. The minimum Gasteiger partial charge on any atom is -0.359 e. The van der Waals surface area contributed by atoms with Gasteiger partial charge in [-0.3, -0.25) is 19.0 Å². The number of fused-ring (bicyclic) bond motifs is 1. The highest BCUT2D eigenvalue weighted by Gasteiger charge is 2.27. The van der Waals surface area contributed by atoms with E-state index in [2.05, 4.69) is 20.6 Å². The molecule has 1 aliphatic rings. The molecule has 1 aromatic carbocycles. The molecule has 0 saturated carbocycles. The second-order valence-corrected chi connectivity index (χ2v) is 8.98. The Morgan fingerprint density at radius 3 is 2.91 bits per heavy atom. The standard InChI is InChI=1S/C21H23ClN6O3S/c1-23-19(30)14-6-4-8-27(10-14)21-26-18-17(32-21)20(31)28(12-25-18)11-16(29)24-9-13-5-2-3-7-15(13)22/h2-3,5,7,12,14H,4,6,8-11H2,1H3,(H,23,30)(H,24,29)/t14-/m0/s1. The second kappa shape index (κ2) is 9.66. The van der Waals surface area contributed by atoms with Crippen molar-refractivity contribution in [3.63, 3.8) is 0 Å². The molecular weight excluding hydrogens is 452 g/mol. The third-order valence-corrected chi connectivity index (χ3v) is 6.89. The summed E-state index contributed by atoms with van der Waals surface area (Å²) in [7, 11) is 1.63. The molecule has 11 heteroatoms. The van der Waals surface area contributed by atoms with Gasteiger partial charge in [0, 0.05) is 31.7 Å². The third kappa shape index (κ3) is 4.76. The van der Waals surface area contributed by atoms with E-state index in [9.17, 15) is 14.4 Å². The Bertz CT molecular complexity index is 1210. The average molecular weight is 475 g/mol. The number of anilines is 1. The van der Waals surface area contributed by atoms with E-state index in [1.165, 1.54) is 22.2 Å². The van der Waals surface area contributed by atoms with Crippen LogP contribution in [0.15, 0.2) is 35.4 Å². The van der Waals surface area contributed by atoms with Gasteiger partial charge in [-0.2, -0.15) is 4.98 Å². The summed E-state index contributed by atoms with van der Waals surface area (Å²) in [6, 6.07) is 7.25. The van der Waals surface area contributed by atoms with Crippen LogP contribution in [0.4, 0.5) is 5.13 Å². The summed E-state index contributed by atoms with van der Waals surface area (Å²) < 4.78 is 1.67. The number of benzene rings is 1. The van der Waals surface area contributed by atoms with Gasteiger partial charge in [0.25, 0.3) is 5.56 Å². The van der Waals surface area contributed by atoms with Crippen molar-refractivity contribution in [2.75, 3.05) is 25.0 Å². The zero-order valence-electron chi connectivity index (χ0n) is 17.5. The molecule has 0 aliphatic carbocycles. The molecule has 0 spiro atoms. The lowest BCUT2D eigenvalue weighted by Crippen LogP contribution is -2.42. The van der Waals surface area contributed by atoms with Crippen LogP contribution in [-0.2, 0) is 22.7 Å². The number of hydrogen-bond acceptors (Lipinski definition) is 7. The number of nitrogens with one attached hydrogen (secondary N) is 2. The highest BCUT2D eigenvalue weighted by Crippen LogP contribution is 2.29. The molecule has 1 aliphatic heterocycles. The van der Waals surface area contributed by atoms with Gasteiger partial charge in [0.2, 0.25) is 11.8 Å². The molecule has 9 nitrogen and oxygen atoms in total. The van der Waals surface area contributed by atoms with Crippen LogP contribution in [0.25, 0.3) is 10.3 Å². The smallest absolute Gasteiger partial charge is 0.273 e. The summed E-state index contributed by atoms with van der Waals surface area (Å²) in [6.07, 6.45) is 3.04. The predicted molar refractivity (Wildman–Crippen MR) is 124 cm³/mol. The van der Waals surface area contributed by atoms with E-state index in [0.717, 1.165) is 24.9 Å². The van der Waals surface area contributed by atoms with Crippen LogP contribution >= 0.6 is 22.9 Å². The first-order valence-electron chi connectivity index (χ1n) is 10.3. The molecule has 2 aromatic heterocycles. The number of aromatic nitrogens is 3. The minimum atomic E-state index is -0.317. The zero-order valence-corrected chi connectivity index (χ0v) is 19.1. The molecule has 2 amide bonds. The molecule has 168 valence electrons. The van der Waals surface area contributed by atoms with Gasteiger partial charge in [-0.15, -0.1) is 0 Å². The number of hydrogen-bond donors (Lipinski definition) is 2. The Balaban J connectivity index is 1.47. The van der Waals surface area contributed by atoms with Crippen LogP contribution in [0.2, 0.25) is 5.02 Å². The topological polar surface area (TPSA) is 109 Å². The van der Waals surface area contributed by atoms with Gasteiger partial charge in [0.15, 0.2) is 10.8 Å². The lowest BCUT2D eigenvalue weighted by Gasteiger charge is -2.31. The highest BCUT2D eigenvalue weighted by atomic mass is 35.5. The molecule has 1 atom stereocenters. The maximum absolute atomic E-state index is 12.9. The Morgan fingerprint density at radius 2 is 2.12 bits per heavy atom. The van der Waals surface area contributed by atoms with Crippen molar-refractivity contribution >= 4 is 50.2 Å². The van der Waals surface area contributed by atoms with Gasteiger partial charge in [0.05, 0.1) is 5.92 Å². The predicted octanol–water partition coefficient (Wildman–Crippen LogP) is 1.79. The fourth-order valence-electron chi connectivity index (χ4n) is 3.70. The Hall–Kier alpha value is -2.98.